The van der Waals surface area contributed by atoms with E-state index in [9.17, 15) is 4.79 Å². The van der Waals surface area contributed by atoms with E-state index in [1.807, 2.05) is 30.1 Å². The third-order valence-corrected chi connectivity index (χ3v) is 6.12. The zero-order valence-corrected chi connectivity index (χ0v) is 17.7. The van der Waals surface area contributed by atoms with Crippen LogP contribution in [-0.4, -0.2) is 22.4 Å². The van der Waals surface area contributed by atoms with E-state index >= 15 is 0 Å². The summed E-state index contributed by atoms with van der Waals surface area (Å²) in [5, 5.41) is 0. The number of aromatic nitrogens is 1. The van der Waals surface area contributed by atoms with Crippen molar-refractivity contribution >= 4 is 5.91 Å². The molecule has 0 unspecified atom stereocenters. The van der Waals surface area contributed by atoms with Crippen LogP contribution in [0.5, 0.6) is 0 Å². The van der Waals surface area contributed by atoms with Crippen molar-refractivity contribution < 1.29 is 4.79 Å². The molecule has 0 radical (unpaired) electrons. The average molecular weight is 387 g/mol. The monoisotopic (exact) mass is 386 g/mol. The van der Waals surface area contributed by atoms with Gasteiger partial charge in [-0.2, -0.15) is 0 Å². The minimum Gasteiger partial charge on any atom is -0.336 e. The molecule has 2 aromatic carbocycles. The van der Waals surface area contributed by atoms with E-state index in [0.717, 1.165) is 30.6 Å². The first-order valence-corrected chi connectivity index (χ1v) is 10.6. The summed E-state index contributed by atoms with van der Waals surface area (Å²) in [7, 11) is 1.91. The number of aryl methyl sites for hydroxylation is 1. The Balaban J connectivity index is 1.70. The summed E-state index contributed by atoms with van der Waals surface area (Å²) in [5.74, 6) is 0.118. The fourth-order valence-corrected chi connectivity index (χ4v) is 4.51. The van der Waals surface area contributed by atoms with E-state index in [1.54, 1.807) is 0 Å². The summed E-state index contributed by atoms with van der Waals surface area (Å²) in [5.41, 5.74) is 8.48. The molecular formula is C26H30N2O. The fraction of sp³-hybridized carbons (Fsp3) is 0.346. The van der Waals surface area contributed by atoms with Crippen LogP contribution in [0.1, 0.15) is 56.8 Å². The molecule has 0 saturated carbocycles. The summed E-state index contributed by atoms with van der Waals surface area (Å²) < 4.78 is 2.30. The van der Waals surface area contributed by atoms with Gasteiger partial charge in [0.25, 0.3) is 5.91 Å². The Bertz CT molecular complexity index is 999. The van der Waals surface area contributed by atoms with Gasteiger partial charge in [-0.25, -0.2) is 0 Å². The lowest BCUT2D eigenvalue weighted by Gasteiger charge is -2.21. The number of hydrogen-bond acceptors (Lipinski definition) is 1. The van der Waals surface area contributed by atoms with Crippen LogP contribution in [0.2, 0.25) is 0 Å². The van der Waals surface area contributed by atoms with E-state index in [-0.39, 0.29) is 5.91 Å². The molecule has 3 nitrogen and oxygen atoms in total. The van der Waals surface area contributed by atoms with Crippen molar-refractivity contribution in [2.75, 3.05) is 7.05 Å². The van der Waals surface area contributed by atoms with Gasteiger partial charge in [0.1, 0.15) is 5.69 Å². The molecule has 150 valence electrons. The molecule has 4 rings (SSSR count). The van der Waals surface area contributed by atoms with Gasteiger partial charge in [0.2, 0.25) is 0 Å². The second-order valence-electron chi connectivity index (χ2n) is 8.32. The Morgan fingerprint density at radius 3 is 2.34 bits per heavy atom. The normalized spacial score (nSPS) is 13.2. The predicted molar refractivity (Wildman–Crippen MR) is 118 cm³/mol. The van der Waals surface area contributed by atoms with Crippen LogP contribution in [0, 0.1) is 13.8 Å². The van der Waals surface area contributed by atoms with Crippen LogP contribution in [0.4, 0.5) is 0 Å². The summed E-state index contributed by atoms with van der Waals surface area (Å²) >= 11 is 0. The summed E-state index contributed by atoms with van der Waals surface area (Å²) in [6, 6.07) is 18.9. The van der Waals surface area contributed by atoms with E-state index in [1.165, 1.54) is 40.8 Å². The second-order valence-corrected chi connectivity index (χ2v) is 8.32. The third-order valence-electron chi connectivity index (χ3n) is 6.12. The fourth-order valence-electron chi connectivity index (χ4n) is 4.51. The van der Waals surface area contributed by atoms with Gasteiger partial charge in [-0.1, -0.05) is 60.2 Å². The van der Waals surface area contributed by atoms with Crippen molar-refractivity contribution in [3.63, 3.8) is 0 Å². The Morgan fingerprint density at radius 2 is 1.62 bits per heavy atom. The van der Waals surface area contributed by atoms with E-state index in [0.29, 0.717) is 6.54 Å². The maximum atomic E-state index is 13.6. The molecule has 1 heterocycles. The molecule has 1 aliphatic carbocycles. The summed E-state index contributed by atoms with van der Waals surface area (Å²) in [4.78, 5) is 15.4. The van der Waals surface area contributed by atoms with Crippen LogP contribution in [-0.2, 0) is 25.9 Å². The van der Waals surface area contributed by atoms with Gasteiger partial charge in [0, 0.05) is 25.8 Å². The quantitative estimate of drug-likeness (QED) is 0.584. The lowest BCUT2D eigenvalue weighted by molar-refractivity contribution is 0.0773. The molecule has 0 atom stereocenters. The largest absolute Gasteiger partial charge is 0.336 e. The van der Waals surface area contributed by atoms with Gasteiger partial charge in [-0.3, -0.25) is 4.79 Å². The van der Waals surface area contributed by atoms with Gasteiger partial charge in [0.05, 0.1) is 0 Å². The Morgan fingerprint density at radius 1 is 0.931 bits per heavy atom. The van der Waals surface area contributed by atoms with Crippen LogP contribution in [0.25, 0.3) is 0 Å². The van der Waals surface area contributed by atoms with Crippen molar-refractivity contribution in [3.8, 4) is 0 Å². The molecule has 3 heteroatoms. The molecule has 1 aromatic heterocycles. The number of hydrogen-bond donors (Lipinski definition) is 0. The highest BCUT2D eigenvalue weighted by atomic mass is 16.2. The molecule has 1 amide bonds. The molecule has 0 saturated heterocycles. The van der Waals surface area contributed by atoms with Crippen molar-refractivity contribution in [1.82, 2.24) is 9.47 Å². The van der Waals surface area contributed by atoms with E-state index in [4.69, 9.17) is 0 Å². The number of nitrogens with zero attached hydrogens (tertiary/aromatic N) is 2. The molecule has 0 fully saturated rings. The first kappa shape index (κ1) is 19.5. The lowest BCUT2D eigenvalue weighted by atomic mass is 9.95. The Kier molecular flexibility index (Phi) is 5.57. The van der Waals surface area contributed by atoms with Gasteiger partial charge >= 0.3 is 0 Å². The van der Waals surface area contributed by atoms with Gasteiger partial charge in [-0.15, -0.1) is 0 Å². The molecule has 29 heavy (non-hydrogen) atoms. The highest BCUT2D eigenvalue weighted by Gasteiger charge is 2.27. The van der Waals surface area contributed by atoms with Gasteiger partial charge in [-0.05, 0) is 61.8 Å². The first-order valence-electron chi connectivity index (χ1n) is 10.6. The summed E-state index contributed by atoms with van der Waals surface area (Å²) in [6.45, 7) is 5.63. The predicted octanol–water partition coefficient (Wildman–Crippen LogP) is 5.30. The SMILES string of the molecule is Cc1ccc(Cn2c3c(c(C)c2C(=O)N(C)Cc2ccccc2)CCCC3)cc1. The Labute approximate surface area is 174 Å². The minimum absolute atomic E-state index is 0.118. The number of rotatable bonds is 5. The van der Waals surface area contributed by atoms with Crippen LogP contribution in [0.3, 0.4) is 0 Å². The minimum atomic E-state index is 0.118. The van der Waals surface area contributed by atoms with Crippen LogP contribution >= 0.6 is 0 Å². The average Bonchev–Trinajstić information content (AvgIpc) is 3.02. The molecule has 1 aliphatic rings. The molecule has 3 aromatic rings. The topological polar surface area (TPSA) is 25.2 Å². The maximum absolute atomic E-state index is 13.6. The number of carbonyl (C=O) groups excluding carboxylic acids is 1. The molecular weight excluding hydrogens is 356 g/mol. The van der Waals surface area contributed by atoms with Crippen molar-refractivity contribution in [2.24, 2.45) is 0 Å². The van der Waals surface area contributed by atoms with Gasteiger partial charge < -0.3 is 9.47 Å². The standard InChI is InChI=1S/C26H30N2O/c1-19-13-15-22(16-14-19)18-28-24-12-8-7-11-23(24)20(2)25(28)26(29)27(3)17-21-9-5-4-6-10-21/h4-6,9-10,13-16H,7-8,11-12,17-18H2,1-3H3. The third kappa shape index (κ3) is 4.00. The second kappa shape index (κ2) is 8.28. The maximum Gasteiger partial charge on any atom is 0.270 e. The molecule has 0 spiro atoms. The number of fused-ring (bicyclic) bond motifs is 1. The zero-order valence-electron chi connectivity index (χ0n) is 17.7. The van der Waals surface area contributed by atoms with Crippen molar-refractivity contribution in [1.29, 1.82) is 0 Å². The van der Waals surface area contributed by atoms with Crippen molar-refractivity contribution in [2.45, 2.75) is 52.6 Å². The summed E-state index contributed by atoms with van der Waals surface area (Å²) in [6.07, 6.45) is 4.58. The molecule has 0 aliphatic heterocycles. The van der Waals surface area contributed by atoms with Gasteiger partial charge in [0.15, 0.2) is 0 Å². The van der Waals surface area contributed by atoms with Crippen molar-refractivity contribution in [3.05, 3.63) is 93.8 Å². The smallest absolute Gasteiger partial charge is 0.270 e. The lowest BCUT2D eigenvalue weighted by Crippen LogP contribution is -2.29. The molecule has 0 bridgehead atoms. The Hall–Kier alpha value is -2.81. The molecule has 0 N–H and O–H groups in total. The van der Waals surface area contributed by atoms with E-state index in [2.05, 4.69) is 54.8 Å². The van der Waals surface area contributed by atoms with E-state index < -0.39 is 0 Å². The number of amides is 1. The van der Waals surface area contributed by atoms with Crippen LogP contribution in [0.15, 0.2) is 54.6 Å². The highest BCUT2D eigenvalue weighted by Crippen LogP contribution is 2.31. The zero-order chi connectivity index (χ0) is 20.4. The number of benzene rings is 2. The highest BCUT2D eigenvalue weighted by molar-refractivity contribution is 5.95. The van der Waals surface area contributed by atoms with Crippen LogP contribution < -0.4 is 0 Å². The first-order chi connectivity index (χ1) is 14.0. The number of carbonyl (C=O) groups is 1.